The molecular formula is C10H13NO2. The molecule has 13 heavy (non-hydrogen) atoms. The zero-order valence-corrected chi connectivity index (χ0v) is 7.78. The van der Waals surface area contributed by atoms with Crippen molar-refractivity contribution in [1.29, 1.82) is 0 Å². The van der Waals surface area contributed by atoms with Crippen LogP contribution in [-0.2, 0) is 0 Å². The Balaban J connectivity index is 2.95. The molecule has 0 saturated carbocycles. The largest absolute Gasteiger partial charge is 0.497 e. The van der Waals surface area contributed by atoms with Crippen LogP contribution in [-0.4, -0.2) is 18.9 Å². The van der Waals surface area contributed by atoms with E-state index in [0.717, 1.165) is 0 Å². The molecule has 0 radical (unpaired) electrons. The Morgan fingerprint density at radius 2 is 2.23 bits per heavy atom. The Labute approximate surface area is 77.5 Å². The Kier molecular flexibility index (Phi) is 3.03. The lowest BCUT2D eigenvalue weighted by Gasteiger charge is -2.05. The smallest absolute Gasteiger partial charge is 0.179 e. The molecule has 1 unspecified atom stereocenters. The van der Waals surface area contributed by atoms with E-state index >= 15 is 0 Å². The van der Waals surface area contributed by atoms with E-state index in [1.807, 2.05) is 0 Å². The van der Waals surface area contributed by atoms with Crippen LogP contribution in [0, 0.1) is 0 Å². The molecule has 0 amide bonds. The molecule has 0 aliphatic heterocycles. The van der Waals surface area contributed by atoms with Gasteiger partial charge in [0, 0.05) is 5.56 Å². The lowest BCUT2D eigenvalue weighted by molar-refractivity contribution is 0.0967. The number of ketones is 1. The molecule has 0 aromatic heterocycles. The number of ether oxygens (including phenoxy) is 1. The van der Waals surface area contributed by atoms with Gasteiger partial charge in [0.25, 0.3) is 0 Å². The second-order valence-corrected chi connectivity index (χ2v) is 2.88. The number of benzene rings is 1. The molecule has 1 rings (SSSR count). The molecular weight excluding hydrogens is 166 g/mol. The molecule has 0 heterocycles. The van der Waals surface area contributed by atoms with Gasteiger partial charge in [-0.15, -0.1) is 0 Å². The van der Waals surface area contributed by atoms with E-state index in [-0.39, 0.29) is 5.78 Å². The molecule has 0 spiro atoms. The molecule has 3 heteroatoms. The number of hydrogen-bond acceptors (Lipinski definition) is 3. The van der Waals surface area contributed by atoms with Crippen LogP contribution in [0.1, 0.15) is 17.3 Å². The first-order chi connectivity index (χ1) is 6.15. The molecule has 0 saturated heterocycles. The zero-order chi connectivity index (χ0) is 9.84. The van der Waals surface area contributed by atoms with Crippen molar-refractivity contribution in [2.75, 3.05) is 7.11 Å². The number of hydrogen-bond donors (Lipinski definition) is 1. The first-order valence-electron chi connectivity index (χ1n) is 4.09. The predicted molar refractivity (Wildman–Crippen MR) is 51.0 cm³/mol. The number of rotatable bonds is 3. The average Bonchev–Trinajstić information content (AvgIpc) is 2.16. The topological polar surface area (TPSA) is 52.3 Å². The van der Waals surface area contributed by atoms with Gasteiger partial charge in [0.05, 0.1) is 13.2 Å². The molecule has 2 N–H and O–H groups in total. The van der Waals surface area contributed by atoms with E-state index in [1.165, 1.54) is 0 Å². The van der Waals surface area contributed by atoms with Crippen LogP contribution in [0.3, 0.4) is 0 Å². The Hall–Kier alpha value is -1.35. The summed E-state index contributed by atoms with van der Waals surface area (Å²) in [5.74, 6) is 0.602. The van der Waals surface area contributed by atoms with Crippen molar-refractivity contribution < 1.29 is 9.53 Å². The van der Waals surface area contributed by atoms with Crippen LogP contribution in [0.25, 0.3) is 0 Å². The van der Waals surface area contributed by atoms with Crippen LogP contribution in [0.5, 0.6) is 5.75 Å². The molecule has 0 bridgehead atoms. The van der Waals surface area contributed by atoms with Gasteiger partial charge in [0.15, 0.2) is 5.78 Å². The van der Waals surface area contributed by atoms with E-state index in [9.17, 15) is 4.79 Å². The third kappa shape index (κ3) is 2.29. The summed E-state index contributed by atoms with van der Waals surface area (Å²) in [5.41, 5.74) is 6.06. The normalized spacial score (nSPS) is 12.2. The van der Waals surface area contributed by atoms with Crippen LogP contribution in [0.4, 0.5) is 0 Å². The van der Waals surface area contributed by atoms with Crippen molar-refractivity contribution in [3.63, 3.8) is 0 Å². The summed E-state index contributed by atoms with van der Waals surface area (Å²) in [6.45, 7) is 1.67. The van der Waals surface area contributed by atoms with Gasteiger partial charge in [-0.2, -0.15) is 0 Å². The van der Waals surface area contributed by atoms with Crippen molar-refractivity contribution in [1.82, 2.24) is 0 Å². The van der Waals surface area contributed by atoms with Gasteiger partial charge in [0.2, 0.25) is 0 Å². The summed E-state index contributed by atoms with van der Waals surface area (Å²) in [5, 5.41) is 0. The molecule has 1 aromatic rings. The highest BCUT2D eigenvalue weighted by Gasteiger charge is 2.10. The Bertz CT molecular complexity index is 308. The molecule has 0 aliphatic carbocycles. The van der Waals surface area contributed by atoms with Gasteiger partial charge in [-0.1, -0.05) is 12.1 Å². The fourth-order valence-electron chi connectivity index (χ4n) is 1.04. The number of Topliss-reactive ketones (excluding diaryl/α,β-unsaturated/α-hetero) is 1. The highest BCUT2D eigenvalue weighted by Crippen LogP contribution is 2.13. The lowest BCUT2D eigenvalue weighted by atomic mass is 10.1. The summed E-state index contributed by atoms with van der Waals surface area (Å²) in [6, 6.07) is 6.51. The summed E-state index contributed by atoms with van der Waals surface area (Å²) >= 11 is 0. The molecule has 1 aromatic carbocycles. The van der Waals surface area contributed by atoms with Gasteiger partial charge >= 0.3 is 0 Å². The van der Waals surface area contributed by atoms with Gasteiger partial charge in [-0.05, 0) is 19.1 Å². The van der Waals surface area contributed by atoms with E-state index in [1.54, 1.807) is 38.3 Å². The second kappa shape index (κ2) is 4.05. The summed E-state index contributed by atoms with van der Waals surface area (Å²) in [4.78, 5) is 11.4. The van der Waals surface area contributed by atoms with E-state index in [4.69, 9.17) is 10.5 Å². The van der Waals surface area contributed by atoms with Crippen molar-refractivity contribution in [3.8, 4) is 5.75 Å². The van der Waals surface area contributed by atoms with Gasteiger partial charge in [0.1, 0.15) is 5.75 Å². The summed E-state index contributed by atoms with van der Waals surface area (Å²) in [7, 11) is 1.56. The third-order valence-corrected chi connectivity index (χ3v) is 1.77. The fraction of sp³-hybridized carbons (Fsp3) is 0.300. The minimum Gasteiger partial charge on any atom is -0.497 e. The molecule has 0 aliphatic rings. The zero-order valence-electron chi connectivity index (χ0n) is 7.78. The van der Waals surface area contributed by atoms with Crippen molar-refractivity contribution in [2.24, 2.45) is 5.73 Å². The highest BCUT2D eigenvalue weighted by molar-refractivity contribution is 5.99. The monoisotopic (exact) mass is 179 g/mol. The van der Waals surface area contributed by atoms with Crippen LogP contribution >= 0.6 is 0 Å². The maximum Gasteiger partial charge on any atom is 0.179 e. The second-order valence-electron chi connectivity index (χ2n) is 2.88. The minimum atomic E-state index is -0.466. The quantitative estimate of drug-likeness (QED) is 0.710. The van der Waals surface area contributed by atoms with Crippen molar-refractivity contribution in [2.45, 2.75) is 13.0 Å². The number of carbonyl (C=O) groups is 1. The summed E-state index contributed by atoms with van der Waals surface area (Å²) < 4.78 is 4.99. The lowest BCUT2D eigenvalue weighted by Crippen LogP contribution is -2.26. The van der Waals surface area contributed by atoms with E-state index < -0.39 is 6.04 Å². The Morgan fingerprint density at radius 1 is 1.54 bits per heavy atom. The van der Waals surface area contributed by atoms with Crippen LogP contribution in [0.2, 0.25) is 0 Å². The maximum atomic E-state index is 11.4. The minimum absolute atomic E-state index is 0.0705. The van der Waals surface area contributed by atoms with Gasteiger partial charge < -0.3 is 10.5 Å². The van der Waals surface area contributed by atoms with Gasteiger partial charge in [-0.3, -0.25) is 4.79 Å². The Morgan fingerprint density at radius 3 is 2.77 bits per heavy atom. The standard InChI is InChI=1S/C10H13NO2/c1-7(11)10(12)8-4-3-5-9(6-8)13-2/h3-7H,11H2,1-2H3. The van der Waals surface area contributed by atoms with Gasteiger partial charge in [-0.25, -0.2) is 0 Å². The van der Waals surface area contributed by atoms with Crippen molar-refractivity contribution in [3.05, 3.63) is 29.8 Å². The number of carbonyl (C=O) groups excluding carboxylic acids is 1. The molecule has 3 nitrogen and oxygen atoms in total. The molecule has 0 fully saturated rings. The third-order valence-electron chi connectivity index (χ3n) is 1.77. The summed E-state index contributed by atoms with van der Waals surface area (Å²) in [6.07, 6.45) is 0. The van der Waals surface area contributed by atoms with E-state index in [2.05, 4.69) is 0 Å². The number of nitrogens with two attached hydrogens (primary N) is 1. The predicted octanol–water partition coefficient (Wildman–Crippen LogP) is 1.23. The van der Waals surface area contributed by atoms with Crippen molar-refractivity contribution >= 4 is 5.78 Å². The average molecular weight is 179 g/mol. The maximum absolute atomic E-state index is 11.4. The van der Waals surface area contributed by atoms with E-state index in [0.29, 0.717) is 11.3 Å². The van der Waals surface area contributed by atoms with Crippen LogP contribution < -0.4 is 10.5 Å². The number of methoxy groups -OCH3 is 1. The fourth-order valence-corrected chi connectivity index (χ4v) is 1.04. The molecule has 1 atom stereocenters. The first-order valence-corrected chi connectivity index (χ1v) is 4.09. The first kappa shape index (κ1) is 9.74. The highest BCUT2D eigenvalue weighted by atomic mass is 16.5. The molecule has 70 valence electrons. The SMILES string of the molecule is COc1cccc(C(=O)C(C)N)c1. The van der Waals surface area contributed by atoms with Crippen LogP contribution in [0.15, 0.2) is 24.3 Å².